The highest BCUT2D eigenvalue weighted by Crippen LogP contribution is 2.10. The quantitative estimate of drug-likeness (QED) is 0.301. The lowest BCUT2D eigenvalue weighted by Crippen LogP contribution is -2.26. The molecule has 0 bridgehead atoms. The average molecular weight is 321 g/mol. The standard InChI is InChI=1S/C19H31NO3/c1-2-3-4-5-6-7-8-9-10-11-14-20-19(22)16-17(21)18-13-12-15-23-18/h12-13,15H,2-11,14,16H2,1H3,(H,20,22). The Balaban J connectivity index is 1.89. The molecule has 0 aromatic carbocycles. The molecule has 0 saturated heterocycles. The molecular weight excluding hydrogens is 290 g/mol. The van der Waals surface area contributed by atoms with Gasteiger partial charge in [0.25, 0.3) is 0 Å². The molecule has 0 atom stereocenters. The van der Waals surface area contributed by atoms with Crippen molar-refractivity contribution in [2.45, 2.75) is 77.6 Å². The van der Waals surface area contributed by atoms with Crippen LogP contribution < -0.4 is 5.32 Å². The van der Waals surface area contributed by atoms with E-state index >= 15 is 0 Å². The van der Waals surface area contributed by atoms with E-state index < -0.39 is 0 Å². The van der Waals surface area contributed by atoms with Crippen LogP contribution in [0.5, 0.6) is 0 Å². The van der Waals surface area contributed by atoms with Crippen LogP contribution in [0, 0.1) is 0 Å². The molecule has 0 aliphatic carbocycles. The maximum absolute atomic E-state index is 11.7. The highest BCUT2D eigenvalue weighted by Gasteiger charge is 2.13. The summed E-state index contributed by atoms with van der Waals surface area (Å²) in [6, 6.07) is 3.23. The van der Waals surface area contributed by atoms with Gasteiger partial charge in [0.15, 0.2) is 5.76 Å². The molecule has 130 valence electrons. The molecule has 0 saturated carbocycles. The molecule has 23 heavy (non-hydrogen) atoms. The molecule has 1 amide bonds. The molecule has 1 N–H and O–H groups in total. The molecule has 0 aliphatic heterocycles. The Morgan fingerprint density at radius 1 is 0.957 bits per heavy atom. The first-order valence-electron chi connectivity index (χ1n) is 9.07. The number of unbranched alkanes of at least 4 members (excludes halogenated alkanes) is 9. The van der Waals surface area contributed by atoms with Crippen molar-refractivity contribution in [1.82, 2.24) is 5.32 Å². The van der Waals surface area contributed by atoms with Crippen LogP contribution >= 0.6 is 0 Å². The number of furan rings is 1. The van der Waals surface area contributed by atoms with Crippen molar-refractivity contribution < 1.29 is 14.0 Å². The van der Waals surface area contributed by atoms with E-state index in [1.807, 2.05) is 0 Å². The second-order valence-corrected chi connectivity index (χ2v) is 6.11. The van der Waals surface area contributed by atoms with Gasteiger partial charge in [-0.25, -0.2) is 0 Å². The van der Waals surface area contributed by atoms with E-state index in [4.69, 9.17) is 4.42 Å². The lowest BCUT2D eigenvalue weighted by molar-refractivity contribution is -0.120. The SMILES string of the molecule is CCCCCCCCCCCCNC(=O)CC(=O)c1ccco1. The highest BCUT2D eigenvalue weighted by atomic mass is 16.3. The molecule has 4 nitrogen and oxygen atoms in total. The maximum Gasteiger partial charge on any atom is 0.227 e. The number of carbonyl (C=O) groups is 2. The zero-order valence-corrected chi connectivity index (χ0v) is 14.4. The van der Waals surface area contributed by atoms with E-state index in [2.05, 4.69) is 12.2 Å². The maximum atomic E-state index is 11.7. The summed E-state index contributed by atoms with van der Waals surface area (Å²) < 4.78 is 4.98. The van der Waals surface area contributed by atoms with Crippen LogP contribution in [0.1, 0.15) is 88.1 Å². The predicted octanol–water partition coefficient (Wildman–Crippen LogP) is 4.89. The van der Waals surface area contributed by atoms with Gasteiger partial charge in [0.2, 0.25) is 11.7 Å². The molecular formula is C19H31NO3. The van der Waals surface area contributed by atoms with E-state index in [1.54, 1.807) is 12.1 Å². The van der Waals surface area contributed by atoms with E-state index in [0.29, 0.717) is 6.54 Å². The number of hydrogen-bond acceptors (Lipinski definition) is 3. The third-order valence-corrected chi connectivity index (χ3v) is 3.97. The van der Waals surface area contributed by atoms with Crippen molar-refractivity contribution in [3.05, 3.63) is 24.2 Å². The van der Waals surface area contributed by atoms with Crippen LogP contribution in [0.25, 0.3) is 0 Å². The Morgan fingerprint density at radius 2 is 1.57 bits per heavy atom. The van der Waals surface area contributed by atoms with Crippen LogP contribution in [0.4, 0.5) is 0 Å². The summed E-state index contributed by atoms with van der Waals surface area (Å²) in [4.78, 5) is 23.3. The number of rotatable bonds is 14. The number of carbonyl (C=O) groups excluding carboxylic acids is 2. The first-order valence-corrected chi connectivity index (χ1v) is 9.07. The number of ketones is 1. The van der Waals surface area contributed by atoms with Crippen molar-refractivity contribution in [1.29, 1.82) is 0 Å². The minimum absolute atomic E-state index is 0.134. The van der Waals surface area contributed by atoms with Gasteiger partial charge in [-0.2, -0.15) is 0 Å². The summed E-state index contributed by atoms with van der Waals surface area (Å²) in [5, 5.41) is 2.80. The molecule has 1 aromatic rings. The van der Waals surface area contributed by atoms with Crippen molar-refractivity contribution in [3.8, 4) is 0 Å². The summed E-state index contributed by atoms with van der Waals surface area (Å²) in [6.07, 6.45) is 14.0. The number of amides is 1. The highest BCUT2D eigenvalue weighted by molar-refractivity contribution is 6.05. The van der Waals surface area contributed by atoms with Crippen LogP contribution in [-0.4, -0.2) is 18.2 Å². The van der Waals surface area contributed by atoms with Gasteiger partial charge in [0.1, 0.15) is 0 Å². The van der Waals surface area contributed by atoms with E-state index in [0.717, 1.165) is 12.8 Å². The molecule has 1 aromatic heterocycles. The lowest BCUT2D eigenvalue weighted by Gasteiger charge is -2.04. The monoisotopic (exact) mass is 321 g/mol. The summed E-state index contributed by atoms with van der Waals surface area (Å²) in [5.74, 6) is -0.239. The molecule has 0 unspecified atom stereocenters. The van der Waals surface area contributed by atoms with Crippen LogP contribution in [0.2, 0.25) is 0 Å². The van der Waals surface area contributed by atoms with E-state index in [9.17, 15) is 9.59 Å². The normalized spacial score (nSPS) is 10.7. The Kier molecular flexibility index (Phi) is 10.9. The van der Waals surface area contributed by atoms with Gasteiger partial charge in [-0.1, -0.05) is 64.7 Å². The van der Waals surface area contributed by atoms with Gasteiger partial charge in [-0.05, 0) is 18.6 Å². The molecule has 1 rings (SSSR count). The third-order valence-electron chi connectivity index (χ3n) is 3.97. The Morgan fingerprint density at radius 3 is 2.13 bits per heavy atom. The van der Waals surface area contributed by atoms with Gasteiger partial charge in [0, 0.05) is 6.54 Å². The van der Waals surface area contributed by atoms with E-state index in [1.165, 1.54) is 57.6 Å². The second kappa shape index (κ2) is 12.9. The average Bonchev–Trinajstić information content (AvgIpc) is 3.07. The van der Waals surface area contributed by atoms with Gasteiger partial charge in [-0.3, -0.25) is 9.59 Å². The summed E-state index contributed by atoms with van der Waals surface area (Å²) >= 11 is 0. The van der Waals surface area contributed by atoms with Gasteiger partial charge in [-0.15, -0.1) is 0 Å². The number of nitrogens with one attached hydrogen (secondary N) is 1. The minimum atomic E-state index is -0.268. The smallest absolute Gasteiger partial charge is 0.227 e. The molecule has 4 heteroatoms. The van der Waals surface area contributed by atoms with Gasteiger partial charge >= 0.3 is 0 Å². The molecule has 0 aliphatic rings. The summed E-state index contributed by atoms with van der Waals surface area (Å²) in [7, 11) is 0. The third kappa shape index (κ3) is 9.93. The topological polar surface area (TPSA) is 59.3 Å². The predicted molar refractivity (Wildman–Crippen MR) is 92.5 cm³/mol. The summed E-state index contributed by atoms with van der Waals surface area (Å²) in [6.45, 7) is 2.90. The first-order chi connectivity index (χ1) is 11.2. The fraction of sp³-hybridized carbons (Fsp3) is 0.684. The van der Waals surface area contributed by atoms with Crippen molar-refractivity contribution >= 4 is 11.7 Å². The van der Waals surface area contributed by atoms with Crippen LogP contribution in [0.3, 0.4) is 0 Å². The fourth-order valence-electron chi connectivity index (χ4n) is 2.57. The van der Waals surface area contributed by atoms with E-state index in [-0.39, 0.29) is 23.9 Å². The number of hydrogen-bond donors (Lipinski definition) is 1. The van der Waals surface area contributed by atoms with Crippen LogP contribution in [0.15, 0.2) is 22.8 Å². The van der Waals surface area contributed by atoms with Gasteiger partial charge in [0.05, 0.1) is 12.7 Å². The Labute approximate surface area is 140 Å². The fourth-order valence-corrected chi connectivity index (χ4v) is 2.57. The van der Waals surface area contributed by atoms with Crippen molar-refractivity contribution in [3.63, 3.8) is 0 Å². The lowest BCUT2D eigenvalue weighted by atomic mass is 10.1. The van der Waals surface area contributed by atoms with Crippen molar-refractivity contribution in [2.75, 3.05) is 6.54 Å². The second-order valence-electron chi connectivity index (χ2n) is 6.11. The first kappa shape index (κ1) is 19.5. The Hall–Kier alpha value is -1.58. The van der Waals surface area contributed by atoms with Gasteiger partial charge < -0.3 is 9.73 Å². The van der Waals surface area contributed by atoms with Crippen molar-refractivity contribution in [2.24, 2.45) is 0 Å². The largest absolute Gasteiger partial charge is 0.461 e. The number of Topliss-reactive ketones (excluding diaryl/α,β-unsaturated/α-hetero) is 1. The minimum Gasteiger partial charge on any atom is -0.461 e. The zero-order chi connectivity index (χ0) is 16.8. The van der Waals surface area contributed by atoms with Crippen LogP contribution in [-0.2, 0) is 4.79 Å². The molecule has 0 radical (unpaired) electrons. The molecule has 0 spiro atoms. The zero-order valence-electron chi connectivity index (χ0n) is 14.4. The summed E-state index contributed by atoms with van der Waals surface area (Å²) in [5.41, 5.74) is 0. The Bertz CT molecular complexity index is 426. The molecule has 0 fully saturated rings. The molecule has 1 heterocycles.